The van der Waals surface area contributed by atoms with Crippen LogP contribution in [0.3, 0.4) is 0 Å². The van der Waals surface area contributed by atoms with Crippen LogP contribution in [-0.2, 0) is 0 Å². The number of hydrogen-bond donors (Lipinski definition) is 0. The van der Waals surface area contributed by atoms with Crippen LogP contribution in [-0.4, -0.2) is 13.5 Å². The van der Waals surface area contributed by atoms with Crippen LogP contribution in [0.2, 0.25) is 0 Å². The normalized spacial score (nSPS) is 11.5. The van der Waals surface area contributed by atoms with E-state index in [-0.39, 0.29) is 16.9 Å². The monoisotopic (exact) mass is 336 g/mol. The van der Waals surface area contributed by atoms with Gasteiger partial charge in [0.15, 0.2) is 5.43 Å². The van der Waals surface area contributed by atoms with Gasteiger partial charge in [-0.2, -0.15) is 0 Å². The SMILES string of the molecule is COc1ccc2oc(-c3ccc(OC(F)(F)F)cc3)cc(=O)c2c1. The third-order valence-electron chi connectivity index (χ3n) is 3.31. The predicted octanol–water partition coefficient (Wildman–Crippen LogP) is 4.37. The molecule has 0 fully saturated rings. The topological polar surface area (TPSA) is 48.7 Å². The van der Waals surface area contributed by atoms with E-state index in [1.807, 2.05) is 0 Å². The van der Waals surface area contributed by atoms with Crippen molar-refractivity contribution in [2.24, 2.45) is 0 Å². The Bertz CT molecular complexity index is 927. The average Bonchev–Trinajstić information content (AvgIpc) is 2.53. The Kier molecular flexibility index (Phi) is 3.92. The van der Waals surface area contributed by atoms with E-state index >= 15 is 0 Å². The van der Waals surface area contributed by atoms with E-state index in [2.05, 4.69) is 4.74 Å². The van der Waals surface area contributed by atoms with Gasteiger partial charge in [-0.25, -0.2) is 0 Å². The lowest BCUT2D eigenvalue weighted by molar-refractivity contribution is -0.274. The molecule has 0 bridgehead atoms. The second kappa shape index (κ2) is 5.92. The Balaban J connectivity index is 1.99. The highest BCUT2D eigenvalue weighted by atomic mass is 19.4. The standard InChI is InChI=1S/C17H11F3O4/c1-22-12-6-7-15-13(8-12)14(21)9-16(23-15)10-2-4-11(5-3-10)24-17(18,19)20/h2-9H,1H3. The first-order valence-corrected chi connectivity index (χ1v) is 6.84. The summed E-state index contributed by atoms with van der Waals surface area (Å²) in [7, 11) is 1.49. The zero-order chi connectivity index (χ0) is 17.3. The number of alkyl halides is 3. The third kappa shape index (κ3) is 3.34. The van der Waals surface area contributed by atoms with Gasteiger partial charge in [0, 0.05) is 11.6 Å². The lowest BCUT2D eigenvalue weighted by Crippen LogP contribution is -2.16. The second-order valence-corrected chi connectivity index (χ2v) is 4.91. The Labute approximate surface area is 134 Å². The molecule has 7 heteroatoms. The highest BCUT2D eigenvalue weighted by molar-refractivity contribution is 5.80. The summed E-state index contributed by atoms with van der Waals surface area (Å²) in [6, 6.07) is 11.2. The zero-order valence-electron chi connectivity index (χ0n) is 12.4. The van der Waals surface area contributed by atoms with Crippen molar-refractivity contribution < 1.29 is 27.1 Å². The molecule has 2 aromatic carbocycles. The maximum atomic E-state index is 12.2. The Morgan fingerprint density at radius 3 is 2.25 bits per heavy atom. The Hall–Kier alpha value is -2.96. The summed E-state index contributed by atoms with van der Waals surface area (Å²) in [5, 5.41) is 0.357. The number of benzene rings is 2. The summed E-state index contributed by atoms with van der Waals surface area (Å²) < 4.78 is 51.0. The smallest absolute Gasteiger partial charge is 0.497 e. The molecule has 0 radical (unpaired) electrons. The van der Waals surface area contributed by atoms with Crippen molar-refractivity contribution in [1.82, 2.24) is 0 Å². The lowest BCUT2D eigenvalue weighted by atomic mass is 10.1. The van der Waals surface area contributed by atoms with Crippen LogP contribution in [0.15, 0.2) is 57.7 Å². The molecule has 0 spiro atoms. The van der Waals surface area contributed by atoms with Crippen LogP contribution >= 0.6 is 0 Å². The fourth-order valence-corrected chi connectivity index (χ4v) is 2.23. The van der Waals surface area contributed by atoms with Crippen LogP contribution in [0.1, 0.15) is 0 Å². The zero-order valence-corrected chi connectivity index (χ0v) is 12.4. The van der Waals surface area contributed by atoms with Crippen molar-refractivity contribution >= 4 is 11.0 Å². The fraction of sp³-hybridized carbons (Fsp3) is 0.118. The number of methoxy groups -OCH3 is 1. The van der Waals surface area contributed by atoms with Crippen molar-refractivity contribution in [2.75, 3.05) is 7.11 Å². The largest absolute Gasteiger partial charge is 0.573 e. The summed E-state index contributed by atoms with van der Waals surface area (Å²) in [5.74, 6) is 0.423. The molecule has 124 valence electrons. The second-order valence-electron chi connectivity index (χ2n) is 4.91. The first kappa shape index (κ1) is 15.9. The molecule has 1 aromatic heterocycles. The summed E-state index contributed by atoms with van der Waals surface area (Å²) in [6.45, 7) is 0. The number of fused-ring (bicyclic) bond motifs is 1. The molecule has 0 atom stereocenters. The minimum absolute atomic E-state index is 0.247. The van der Waals surface area contributed by atoms with Crippen molar-refractivity contribution in [2.45, 2.75) is 6.36 Å². The Morgan fingerprint density at radius 2 is 1.62 bits per heavy atom. The van der Waals surface area contributed by atoms with Gasteiger partial charge in [0.05, 0.1) is 12.5 Å². The molecular weight excluding hydrogens is 325 g/mol. The number of ether oxygens (including phenoxy) is 2. The van der Waals surface area contributed by atoms with Gasteiger partial charge in [-0.15, -0.1) is 13.2 Å². The predicted molar refractivity (Wildman–Crippen MR) is 81.2 cm³/mol. The molecule has 3 aromatic rings. The van der Waals surface area contributed by atoms with E-state index in [9.17, 15) is 18.0 Å². The van der Waals surface area contributed by atoms with Gasteiger partial charge < -0.3 is 13.9 Å². The van der Waals surface area contributed by atoms with Crippen molar-refractivity contribution in [3.8, 4) is 22.8 Å². The van der Waals surface area contributed by atoms with E-state index < -0.39 is 6.36 Å². The number of hydrogen-bond acceptors (Lipinski definition) is 4. The maximum absolute atomic E-state index is 12.2. The van der Waals surface area contributed by atoms with E-state index in [1.165, 1.54) is 25.3 Å². The molecule has 0 aliphatic rings. The van der Waals surface area contributed by atoms with Gasteiger partial charge in [0.25, 0.3) is 0 Å². The first-order chi connectivity index (χ1) is 11.4. The van der Waals surface area contributed by atoms with Crippen molar-refractivity contribution in [3.63, 3.8) is 0 Å². The first-order valence-electron chi connectivity index (χ1n) is 6.84. The van der Waals surface area contributed by atoms with Crippen LogP contribution in [0.25, 0.3) is 22.3 Å². The summed E-state index contributed by atoms with van der Waals surface area (Å²) in [6.07, 6.45) is -4.75. The summed E-state index contributed by atoms with van der Waals surface area (Å²) in [4.78, 5) is 12.2. The van der Waals surface area contributed by atoms with E-state index in [0.29, 0.717) is 22.3 Å². The van der Waals surface area contributed by atoms with Gasteiger partial charge in [0.2, 0.25) is 0 Å². The van der Waals surface area contributed by atoms with Gasteiger partial charge in [-0.05, 0) is 42.5 Å². The number of halogens is 3. The van der Waals surface area contributed by atoms with Crippen LogP contribution in [0.4, 0.5) is 13.2 Å². The van der Waals surface area contributed by atoms with Gasteiger partial charge in [-0.1, -0.05) is 0 Å². The van der Waals surface area contributed by atoms with Gasteiger partial charge in [-0.3, -0.25) is 4.79 Å². The van der Waals surface area contributed by atoms with E-state index in [0.717, 1.165) is 12.1 Å². The third-order valence-corrected chi connectivity index (χ3v) is 3.31. The molecule has 24 heavy (non-hydrogen) atoms. The molecule has 0 aliphatic carbocycles. The maximum Gasteiger partial charge on any atom is 0.573 e. The van der Waals surface area contributed by atoms with Crippen molar-refractivity contribution in [1.29, 1.82) is 0 Å². The van der Waals surface area contributed by atoms with Crippen LogP contribution in [0, 0.1) is 0 Å². The molecule has 4 nitrogen and oxygen atoms in total. The van der Waals surface area contributed by atoms with Crippen LogP contribution in [0.5, 0.6) is 11.5 Å². The summed E-state index contributed by atoms with van der Waals surface area (Å²) in [5.41, 5.74) is 0.536. The van der Waals surface area contributed by atoms with Gasteiger partial charge >= 0.3 is 6.36 Å². The summed E-state index contributed by atoms with van der Waals surface area (Å²) >= 11 is 0. The molecular formula is C17H11F3O4. The lowest BCUT2D eigenvalue weighted by Gasteiger charge is -2.09. The minimum Gasteiger partial charge on any atom is -0.497 e. The molecule has 0 N–H and O–H groups in total. The quantitative estimate of drug-likeness (QED) is 0.713. The highest BCUT2D eigenvalue weighted by Gasteiger charge is 2.31. The average molecular weight is 336 g/mol. The van der Waals surface area contributed by atoms with Crippen molar-refractivity contribution in [3.05, 3.63) is 58.8 Å². The van der Waals surface area contributed by atoms with Crippen LogP contribution < -0.4 is 14.9 Å². The highest BCUT2D eigenvalue weighted by Crippen LogP contribution is 2.28. The van der Waals surface area contributed by atoms with E-state index in [4.69, 9.17) is 9.15 Å². The van der Waals surface area contributed by atoms with E-state index in [1.54, 1.807) is 18.2 Å². The molecule has 1 heterocycles. The molecule has 0 unspecified atom stereocenters. The molecule has 0 amide bonds. The number of rotatable bonds is 3. The molecule has 0 aliphatic heterocycles. The molecule has 0 saturated carbocycles. The van der Waals surface area contributed by atoms with Gasteiger partial charge in [0.1, 0.15) is 22.8 Å². The fourth-order valence-electron chi connectivity index (χ4n) is 2.23. The Morgan fingerprint density at radius 1 is 0.958 bits per heavy atom. The minimum atomic E-state index is -4.75. The molecule has 3 rings (SSSR count). The molecule has 0 saturated heterocycles.